The van der Waals surface area contributed by atoms with Gasteiger partial charge in [0, 0.05) is 19.4 Å². The molecule has 0 aliphatic carbocycles. The predicted octanol–water partition coefficient (Wildman–Crippen LogP) is 1.81. The molecule has 0 fully saturated rings. The minimum Gasteiger partial charge on any atom is -0.337 e. The van der Waals surface area contributed by atoms with E-state index >= 15 is 0 Å². The van der Waals surface area contributed by atoms with Crippen molar-refractivity contribution in [3.05, 3.63) is 29.3 Å². The quantitative estimate of drug-likeness (QED) is 0.851. The van der Waals surface area contributed by atoms with E-state index in [0.29, 0.717) is 0 Å². The number of aromatic nitrogens is 2. The van der Waals surface area contributed by atoms with Crippen LogP contribution in [0.4, 0.5) is 0 Å². The van der Waals surface area contributed by atoms with Gasteiger partial charge in [-0.1, -0.05) is 11.8 Å². The van der Waals surface area contributed by atoms with Crippen LogP contribution in [0.5, 0.6) is 0 Å². The zero-order valence-electron chi connectivity index (χ0n) is 9.15. The van der Waals surface area contributed by atoms with Crippen LogP contribution < -0.4 is 5.48 Å². The molecule has 0 saturated heterocycles. The number of thioether (sulfide) groups is 1. The molecule has 82 valence electrons. The standard InChI is InChI=1S/C10H15N3OS/c1-10(2)6-9(12-14-10)15-7-8-11-4-5-13(8)3/h4-6,12H,7H2,1-3H3. The number of nitrogens with zero attached hydrogens (tertiary/aromatic N) is 2. The highest BCUT2D eigenvalue weighted by atomic mass is 32.2. The van der Waals surface area contributed by atoms with Crippen molar-refractivity contribution < 1.29 is 4.84 Å². The molecular formula is C10H15N3OS. The van der Waals surface area contributed by atoms with Gasteiger partial charge in [-0.3, -0.25) is 10.3 Å². The molecule has 0 saturated carbocycles. The number of aryl methyl sites for hydroxylation is 1. The van der Waals surface area contributed by atoms with Crippen LogP contribution in [0.1, 0.15) is 19.7 Å². The zero-order chi connectivity index (χ0) is 10.9. The van der Waals surface area contributed by atoms with Gasteiger partial charge in [-0.05, 0) is 19.9 Å². The first kappa shape index (κ1) is 10.6. The van der Waals surface area contributed by atoms with Crippen LogP contribution in [0.15, 0.2) is 23.5 Å². The Morgan fingerprint density at radius 2 is 2.40 bits per heavy atom. The highest BCUT2D eigenvalue weighted by molar-refractivity contribution is 8.02. The number of hydroxylamine groups is 1. The third kappa shape index (κ3) is 2.54. The second-order valence-corrected chi connectivity index (χ2v) is 5.08. The molecule has 5 heteroatoms. The first-order valence-electron chi connectivity index (χ1n) is 4.83. The maximum atomic E-state index is 5.36. The summed E-state index contributed by atoms with van der Waals surface area (Å²) in [5.41, 5.74) is 2.71. The van der Waals surface area contributed by atoms with Crippen LogP contribution in [-0.2, 0) is 17.6 Å². The first-order valence-corrected chi connectivity index (χ1v) is 5.81. The van der Waals surface area contributed by atoms with E-state index in [0.717, 1.165) is 16.6 Å². The van der Waals surface area contributed by atoms with Crippen LogP contribution in [0, 0.1) is 0 Å². The number of rotatable bonds is 3. The van der Waals surface area contributed by atoms with E-state index in [-0.39, 0.29) is 5.60 Å². The van der Waals surface area contributed by atoms with Gasteiger partial charge < -0.3 is 4.57 Å². The highest BCUT2D eigenvalue weighted by Crippen LogP contribution is 2.27. The second kappa shape index (κ2) is 3.90. The Bertz CT molecular complexity index is 384. The van der Waals surface area contributed by atoms with E-state index in [9.17, 15) is 0 Å². The summed E-state index contributed by atoms with van der Waals surface area (Å²) < 4.78 is 2.02. The van der Waals surface area contributed by atoms with Crippen molar-refractivity contribution in [2.45, 2.75) is 25.2 Å². The van der Waals surface area contributed by atoms with E-state index in [2.05, 4.69) is 16.5 Å². The summed E-state index contributed by atoms with van der Waals surface area (Å²) in [4.78, 5) is 9.62. The Balaban J connectivity index is 1.93. The number of hydrogen-bond acceptors (Lipinski definition) is 4. The van der Waals surface area contributed by atoms with Crippen molar-refractivity contribution >= 4 is 11.8 Å². The SMILES string of the molecule is Cn1ccnc1CSC1=CC(C)(C)ON1. The lowest BCUT2D eigenvalue weighted by atomic mass is 10.1. The molecule has 15 heavy (non-hydrogen) atoms. The van der Waals surface area contributed by atoms with Crippen molar-refractivity contribution in [1.82, 2.24) is 15.0 Å². The fourth-order valence-corrected chi connectivity index (χ4v) is 2.34. The average Bonchev–Trinajstić information content (AvgIpc) is 2.69. The van der Waals surface area contributed by atoms with Gasteiger partial charge >= 0.3 is 0 Å². The fraction of sp³-hybridized carbons (Fsp3) is 0.500. The topological polar surface area (TPSA) is 39.1 Å². The van der Waals surface area contributed by atoms with Crippen LogP contribution in [0.25, 0.3) is 0 Å². The summed E-state index contributed by atoms with van der Waals surface area (Å²) in [5, 5.41) is 1.06. The summed E-state index contributed by atoms with van der Waals surface area (Å²) in [6.07, 6.45) is 5.85. The van der Waals surface area contributed by atoms with E-state index in [1.54, 1.807) is 11.8 Å². The second-order valence-electron chi connectivity index (χ2n) is 4.06. The van der Waals surface area contributed by atoms with Gasteiger partial charge in [0.15, 0.2) is 0 Å². The van der Waals surface area contributed by atoms with Crippen LogP contribution in [-0.4, -0.2) is 15.2 Å². The molecule has 0 spiro atoms. The largest absolute Gasteiger partial charge is 0.337 e. The highest BCUT2D eigenvalue weighted by Gasteiger charge is 2.24. The van der Waals surface area contributed by atoms with Crippen LogP contribution >= 0.6 is 11.8 Å². The molecule has 1 aromatic heterocycles. The van der Waals surface area contributed by atoms with Gasteiger partial charge in [-0.2, -0.15) is 0 Å². The first-order chi connectivity index (χ1) is 7.07. The van der Waals surface area contributed by atoms with Gasteiger partial charge in [0.1, 0.15) is 11.4 Å². The molecule has 0 bridgehead atoms. The fourth-order valence-electron chi connectivity index (χ4n) is 1.31. The Labute approximate surface area is 93.7 Å². The normalized spacial score (nSPS) is 18.7. The Morgan fingerprint density at radius 3 is 2.93 bits per heavy atom. The molecule has 1 aromatic rings. The van der Waals surface area contributed by atoms with Gasteiger partial charge in [-0.25, -0.2) is 4.98 Å². The molecule has 1 N–H and O–H groups in total. The molecule has 0 atom stereocenters. The Kier molecular flexibility index (Phi) is 2.75. The molecular weight excluding hydrogens is 210 g/mol. The lowest BCUT2D eigenvalue weighted by Crippen LogP contribution is -2.20. The van der Waals surface area contributed by atoms with Crippen LogP contribution in [0.2, 0.25) is 0 Å². The monoisotopic (exact) mass is 225 g/mol. The minimum absolute atomic E-state index is 0.204. The zero-order valence-corrected chi connectivity index (χ0v) is 9.97. The van der Waals surface area contributed by atoms with E-state index in [1.165, 1.54) is 0 Å². The third-order valence-electron chi connectivity index (χ3n) is 2.17. The molecule has 1 aliphatic heterocycles. The van der Waals surface area contributed by atoms with Crippen LogP contribution in [0.3, 0.4) is 0 Å². The smallest absolute Gasteiger partial charge is 0.118 e. The Morgan fingerprint density at radius 1 is 1.60 bits per heavy atom. The molecule has 2 rings (SSSR count). The number of hydrogen-bond donors (Lipinski definition) is 1. The number of nitrogens with one attached hydrogen (secondary N) is 1. The lowest BCUT2D eigenvalue weighted by molar-refractivity contribution is -0.0126. The molecule has 0 unspecified atom stereocenters. The lowest BCUT2D eigenvalue weighted by Gasteiger charge is -2.11. The van der Waals surface area contributed by atoms with Gasteiger partial charge in [-0.15, -0.1) is 0 Å². The molecule has 0 aromatic carbocycles. The van der Waals surface area contributed by atoms with Gasteiger partial charge in [0.25, 0.3) is 0 Å². The predicted molar refractivity (Wildman–Crippen MR) is 60.9 cm³/mol. The minimum atomic E-state index is -0.204. The molecule has 1 aliphatic rings. The average molecular weight is 225 g/mol. The van der Waals surface area contributed by atoms with E-state index < -0.39 is 0 Å². The Hall–Kier alpha value is -0.940. The van der Waals surface area contributed by atoms with Crippen molar-refractivity contribution in [2.75, 3.05) is 0 Å². The maximum Gasteiger partial charge on any atom is 0.118 e. The molecule has 2 heterocycles. The third-order valence-corrected chi connectivity index (χ3v) is 3.09. The van der Waals surface area contributed by atoms with Crippen molar-refractivity contribution in [2.24, 2.45) is 7.05 Å². The maximum absolute atomic E-state index is 5.36. The van der Waals surface area contributed by atoms with Crippen molar-refractivity contribution in [3.63, 3.8) is 0 Å². The molecule has 4 nitrogen and oxygen atoms in total. The molecule has 0 radical (unpaired) electrons. The van der Waals surface area contributed by atoms with Gasteiger partial charge in [0.05, 0.1) is 10.8 Å². The summed E-state index contributed by atoms with van der Waals surface area (Å²) in [7, 11) is 2.00. The molecule has 0 amide bonds. The summed E-state index contributed by atoms with van der Waals surface area (Å²) in [6.45, 7) is 4.04. The van der Waals surface area contributed by atoms with E-state index in [1.807, 2.05) is 37.9 Å². The van der Waals surface area contributed by atoms with E-state index in [4.69, 9.17) is 4.84 Å². The number of imidazole rings is 1. The van der Waals surface area contributed by atoms with Crippen molar-refractivity contribution in [1.29, 1.82) is 0 Å². The summed E-state index contributed by atoms with van der Waals surface area (Å²) in [6, 6.07) is 0. The van der Waals surface area contributed by atoms with Gasteiger partial charge in [0.2, 0.25) is 0 Å². The van der Waals surface area contributed by atoms with Crippen molar-refractivity contribution in [3.8, 4) is 0 Å². The summed E-state index contributed by atoms with van der Waals surface area (Å²) >= 11 is 1.70. The summed E-state index contributed by atoms with van der Waals surface area (Å²) in [5.74, 6) is 1.91.